The first kappa shape index (κ1) is 10.3. The van der Waals surface area contributed by atoms with E-state index in [1.165, 1.54) is 0 Å². The fraction of sp³-hybridized carbons (Fsp3) is 0.500. The molecule has 1 rings (SSSR count). The zero-order valence-electron chi connectivity index (χ0n) is 4.46. The molecular formula is C4H8O4. The van der Waals surface area contributed by atoms with E-state index < -0.39 is 0 Å². The largest absolute Gasteiger partial charge is 0.329 e. The lowest BCUT2D eigenvalue weighted by Gasteiger charge is -2.10. The topological polar surface area (TPSA) is 52.6 Å². The molecule has 1 heterocycles. The van der Waals surface area contributed by atoms with Crippen LogP contribution in [0.4, 0.5) is 0 Å². The second-order valence-electron chi connectivity index (χ2n) is 0.644. The lowest BCUT2D eigenvalue weighted by Crippen LogP contribution is -2.14. The summed E-state index contributed by atoms with van der Waals surface area (Å²) in [5.74, 6) is 0. The molecular weight excluding hydrogens is 112 g/mol. The monoisotopic (exact) mass is 120 g/mol. The predicted molar refractivity (Wildman–Crippen MR) is 26.1 cm³/mol. The fourth-order valence-corrected chi connectivity index (χ4v) is 0.0833. The maximum Gasteiger partial charge on any atom is 0.152 e. The van der Waals surface area contributed by atoms with Gasteiger partial charge in [0.15, 0.2) is 13.6 Å². The van der Waals surface area contributed by atoms with Crippen molar-refractivity contribution in [1.29, 1.82) is 0 Å². The lowest BCUT2D eigenvalue weighted by atomic mass is 11.2. The van der Waals surface area contributed by atoms with Crippen LogP contribution in [-0.2, 0) is 19.1 Å². The molecule has 0 atom stereocenters. The quantitative estimate of drug-likeness (QED) is 0.435. The van der Waals surface area contributed by atoms with Crippen LogP contribution in [0.5, 0.6) is 0 Å². The summed E-state index contributed by atoms with van der Waals surface area (Å²) in [6.07, 6.45) is 0. The lowest BCUT2D eigenvalue weighted by molar-refractivity contribution is -0.247. The number of ether oxygens (including phenoxy) is 2. The van der Waals surface area contributed by atoms with Gasteiger partial charge in [0.2, 0.25) is 0 Å². The minimum Gasteiger partial charge on any atom is -0.329 e. The van der Waals surface area contributed by atoms with Crippen LogP contribution < -0.4 is 0 Å². The van der Waals surface area contributed by atoms with Crippen molar-refractivity contribution in [3.8, 4) is 0 Å². The maximum atomic E-state index is 8.00. The summed E-state index contributed by atoms with van der Waals surface area (Å²) in [5.41, 5.74) is 0. The molecule has 4 heteroatoms. The highest BCUT2D eigenvalue weighted by Crippen LogP contribution is 1.87. The predicted octanol–water partition coefficient (Wildman–Crippen LogP) is -0.422. The summed E-state index contributed by atoms with van der Waals surface area (Å²) in [4.78, 5) is 16.0. The molecule has 4 nitrogen and oxygen atoms in total. The van der Waals surface area contributed by atoms with Crippen LogP contribution in [0.25, 0.3) is 0 Å². The van der Waals surface area contributed by atoms with Crippen molar-refractivity contribution in [2.45, 2.75) is 0 Å². The molecule has 1 saturated heterocycles. The van der Waals surface area contributed by atoms with Crippen LogP contribution in [0, 0.1) is 0 Å². The van der Waals surface area contributed by atoms with E-state index in [9.17, 15) is 0 Å². The fourth-order valence-electron chi connectivity index (χ4n) is 0.0833. The Labute approximate surface area is 47.4 Å². The van der Waals surface area contributed by atoms with Gasteiger partial charge >= 0.3 is 0 Å². The van der Waals surface area contributed by atoms with Crippen molar-refractivity contribution < 1.29 is 19.1 Å². The third-order valence-electron chi connectivity index (χ3n) is 0.333. The molecule has 0 unspecified atom stereocenters. The van der Waals surface area contributed by atoms with E-state index in [2.05, 4.69) is 9.47 Å². The highest BCUT2D eigenvalue weighted by Gasteiger charge is 1.93. The molecule has 0 N–H and O–H groups in total. The van der Waals surface area contributed by atoms with Gasteiger partial charge in [0.05, 0.1) is 0 Å². The van der Waals surface area contributed by atoms with Gasteiger partial charge in [-0.3, -0.25) is 0 Å². The first-order valence-corrected chi connectivity index (χ1v) is 1.73. The number of rotatable bonds is 0. The Bertz CT molecular complexity index is 29.0. The molecule has 0 aromatic carbocycles. The van der Waals surface area contributed by atoms with Gasteiger partial charge in [-0.1, -0.05) is 0 Å². The molecule has 1 fully saturated rings. The Morgan fingerprint density at radius 1 is 0.875 bits per heavy atom. The Morgan fingerprint density at radius 3 is 1.00 bits per heavy atom. The second-order valence-corrected chi connectivity index (χ2v) is 0.644. The molecule has 0 amide bonds. The van der Waals surface area contributed by atoms with Gasteiger partial charge < -0.3 is 19.1 Å². The number of carbonyl (C=O) groups is 2. The molecule has 48 valence electrons. The molecule has 0 spiro atoms. The summed E-state index contributed by atoms with van der Waals surface area (Å²) in [6, 6.07) is 0. The molecule has 1 aliphatic rings. The smallest absolute Gasteiger partial charge is 0.152 e. The molecule has 0 aromatic rings. The van der Waals surface area contributed by atoms with Crippen LogP contribution in [0.15, 0.2) is 0 Å². The average Bonchev–Trinajstić information content (AvgIpc) is 1.72. The van der Waals surface area contributed by atoms with Crippen molar-refractivity contribution in [3.05, 3.63) is 0 Å². The van der Waals surface area contributed by atoms with Gasteiger partial charge in [-0.05, 0) is 0 Å². The molecule has 0 aliphatic carbocycles. The van der Waals surface area contributed by atoms with E-state index in [1.54, 1.807) is 0 Å². The standard InChI is InChI=1S/C2H4O2.2CH2O/c1-3-2-4-1;2*1-2/h1-2H2;2*1H2. The second kappa shape index (κ2) is 16.3. The van der Waals surface area contributed by atoms with Crippen molar-refractivity contribution in [2.75, 3.05) is 13.6 Å². The summed E-state index contributed by atoms with van der Waals surface area (Å²) in [6.45, 7) is 5.00. The van der Waals surface area contributed by atoms with Crippen molar-refractivity contribution in [2.24, 2.45) is 0 Å². The normalized spacial score (nSPS) is 13.0. The van der Waals surface area contributed by atoms with Crippen molar-refractivity contribution >= 4 is 13.6 Å². The third-order valence-corrected chi connectivity index (χ3v) is 0.333. The van der Waals surface area contributed by atoms with Gasteiger partial charge in [0.1, 0.15) is 13.6 Å². The Kier molecular flexibility index (Phi) is 20.9. The minimum atomic E-state index is 0.500. The average molecular weight is 120 g/mol. The molecule has 8 heavy (non-hydrogen) atoms. The van der Waals surface area contributed by atoms with Gasteiger partial charge in [0.25, 0.3) is 0 Å². The van der Waals surface area contributed by atoms with Crippen LogP contribution in [-0.4, -0.2) is 27.2 Å². The van der Waals surface area contributed by atoms with E-state index in [0.717, 1.165) is 0 Å². The summed E-state index contributed by atoms with van der Waals surface area (Å²) in [5, 5.41) is 0. The summed E-state index contributed by atoms with van der Waals surface area (Å²) >= 11 is 0. The molecule has 0 radical (unpaired) electrons. The van der Waals surface area contributed by atoms with E-state index in [-0.39, 0.29) is 0 Å². The van der Waals surface area contributed by atoms with E-state index in [4.69, 9.17) is 9.59 Å². The third kappa shape index (κ3) is 8.98. The van der Waals surface area contributed by atoms with E-state index >= 15 is 0 Å². The first-order valence-electron chi connectivity index (χ1n) is 1.73. The van der Waals surface area contributed by atoms with Gasteiger partial charge in [-0.2, -0.15) is 0 Å². The highest BCUT2D eigenvalue weighted by molar-refractivity contribution is 5.11. The number of hydrogen-bond acceptors (Lipinski definition) is 4. The van der Waals surface area contributed by atoms with Crippen molar-refractivity contribution in [1.82, 2.24) is 0 Å². The highest BCUT2D eigenvalue weighted by atomic mass is 16.8. The Balaban J connectivity index is 0. The molecule has 0 saturated carbocycles. The first-order chi connectivity index (χ1) is 4.00. The Morgan fingerprint density at radius 2 is 1.00 bits per heavy atom. The van der Waals surface area contributed by atoms with Crippen LogP contribution in [0.1, 0.15) is 0 Å². The van der Waals surface area contributed by atoms with E-state index in [1.807, 2.05) is 13.6 Å². The molecule has 0 aromatic heterocycles. The maximum absolute atomic E-state index is 8.00. The van der Waals surface area contributed by atoms with Crippen molar-refractivity contribution in [3.63, 3.8) is 0 Å². The minimum absolute atomic E-state index is 0.500. The SMILES string of the molecule is C1OCO1.C=O.C=O. The number of carbonyl (C=O) groups excluding carboxylic acids is 2. The zero-order chi connectivity index (χ0) is 6.83. The van der Waals surface area contributed by atoms with Crippen LogP contribution in [0.2, 0.25) is 0 Å². The summed E-state index contributed by atoms with van der Waals surface area (Å²) in [7, 11) is 0. The molecule has 0 bridgehead atoms. The summed E-state index contributed by atoms with van der Waals surface area (Å²) < 4.78 is 9.00. The number of hydrogen-bond donors (Lipinski definition) is 0. The molecule has 1 aliphatic heterocycles. The van der Waals surface area contributed by atoms with Gasteiger partial charge in [0, 0.05) is 0 Å². The zero-order valence-corrected chi connectivity index (χ0v) is 4.46. The van der Waals surface area contributed by atoms with Crippen LogP contribution >= 0.6 is 0 Å². The van der Waals surface area contributed by atoms with E-state index in [0.29, 0.717) is 13.6 Å². The van der Waals surface area contributed by atoms with Gasteiger partial charge in [-0.25, -0.2) is 0 Å². The Hall–Kier alpha value is -0.740. The van der Waals surface area contributed by atoms with Crippen LogP contribution in [0.3, 0.4) is 0 Å². The van der Waals surface area contributed by atoms with Gasteiger partial charge in [-0.15, -0.1) is 0 Å².